The fraction of sp³-hybridized carbons (Fsp3) is 0. The molecule has 0 atom stereocenters. The number of rotatable bonds is 3. The van der Waals surface area contributed by atoms with E-state index in [-0.39, 0.29) is 17.0 Å². The van der Waals surface area contributed by atoms with Crippen LogP contribution in [0.5, 0.6) is 0 Å². The van der Waals surface area contributed by atoms with Gasteiger partial charge in [-0.3, -0.25) is 19.9 Å². The van der Waals surface area contributed by atoms with Gasteiger partial charge in [0.25, 0.3) is 11.8 Å². The van der Waals surface area contributed by atoms with E-state index in [1.807, 2.05) is 0 Å². The van der Waals surface area contributed by atoms with Crippen LogP contribution in [0.25, 0.3) is 17.4 Å². The van der Waals surface area contributed by atoms with Crippen LogP contribution < -0.4 is 10.2 Å². The van der Waals surface area contributed by atoms with Crippen LogP contribution in [-0.2, 0) is 9.59 Å². The topological polar surface area (TPSA) is 92.5 Å². The van der Waals surface area contributed by atoms with Gasteiger partial charge in [0, 0.05) is 18.0 Å². The average molecular weight is 377 g/mol. The van der Waals surface area contributed by atoms with Crippen molar-refractivity contribution in [2.75, 3.05) is 4.90 Å². The van der Waals surface area contributed by atoms with E-state index in [0.29, 0.717) is 11.3 Å². The number of hydrogen-bond donors (Lipinski definition) is 1. The largest absolute Gasteiger partial charge is 0.457 e. The van der Waals surface area contributed by atoms with Crippen LogP contribution in [0.15, 0.2) is 70.9 Å². The molecule has 3 heterocycles. The van der Waals surface area contributed by atoms with Crippen LogP contribution >= 0.6 is 0 Å². The molecule has 7 nitrogen and oxygen atoms in total. The van der Waals surface area contributed by atoms with Crippen LogP contribution in [-0.4, -0.2) is 22.8 Å². The Hall–Kier alpha value is -4.07. The SMILES string of the molecule is O=C1NC(=O)N(c2ccncc2)C(=O)/C1=C/c1ccc(-c2cccc(F)c2)o1. The Morgan fingerprint density at radius 3 is 2.57 bits per heavy atom. The maximum Gasteiger partial charge on any atom is 0.335 e. The molecule has 1 aliphatic rings. The summed E-state index contributed by atoms with van der Waals surface area (Å²) in [6.45, 7) is 0. The van der Waals surface area contributed by atoms with E-state index in [1.165, 1.54) is 42.7 Å². The number of hydrogen-bond acceptors (Lipinski definition) is 5. The second kappa shape index (κ2) is 6.92. The lowest BCUT2D eigenvalue weighted by atomic mass is 10.1. The van der Waals surface area contributed by atoms with Gasteiger partial charge in [-0.15, -0.1) is 0 Å². The van der Waals surface area contributed by atoms with Crippen molar-refractivity contribution in [3.63, 3.8) is 0 Å². The van der Waals surface area contributed by atoms with E-state index in [1.54, 1.807) is 24.3 Å². The first-order chi connectivity index (χ1) is 13.5. The smallest absolute Gasteiger partial charge is 0.335 e. The van der Waals surface area contributed by atoms with Gasteiger partial charge in [-0.25, -0.2) is 14.1 Å². The van der Waals surface area contributed by atoms with Crippen molar-refractivity contribution in [3.8, 4) is 11.3 Å². The number of nitrogens with one attached hydrogen (secondary N) is 1. The zero-order chi connectivity index (χ0) is 19.7. The number of amides is 4. The van der Waals surface area contributed by atoms with E-state index in [4.69, 9.17) is 4.42 Å². The summed E-state index contributed by atoms with van der Waals surface area (Å²) >= 11 is 0. The number of carbonyl (C=O) groups excluding carboxylic acids is 3. The monoisotopic (exact) mass is 377 g/mol. The molecule has 1 saturated heterocycles. The average Bonchev–Trinajstić information content (AvgIpc) is 3.15. The Labute approximate surface area is 158 Å². The van der Waals surface area contributed by atoms with E-state index >= 15 is 0 Å². The van der Waals surface area contributed by atoms with E-state index < -0.39 is 23.7 Å². The van der Waals surface area contributed by atoms with Gasteiger partial charge in [-0.1, -0.05) is 12.1 Å². The zero-order valence-electron chi connectivity index (χ0n) is 14.3. The van der Waals surface area contributed by atoms with Crippen LogP contribution in [0, 0.1) is 5.82 Å². The minimum absolute atomic E-state index is 0.210. The number of nitrogens with zero attached hydrogens (tertiary/aromatic N) is 2. The second-order valence-corrected chi connectivity index (χ2v) is 5.88. The number of barbiturate groups is 1. The lowest BCUT2D eigenvalue weighted by Crippen LogP contribution is -2.54. The summed E-state index contributed by atoms with van der Waals surface area (Å²) in [5, 5.41) is 2.12. The van der Waals surface area contributed by atoms with E-state index in [0.717, 1.165) is 4.90 Å². The first-order valence-corrected chi connectivity index (χ1v) is 8.20. The minimum Gasteiger partial charge on any atom is -0.457 e. The molecule has 28 heavy (non-hydrogen) atoms. The summed E-state index contributed by atoms with van der Waals surface area (Å²) in [7, 11) is 0. The van der Waals surface area contributed by atoms with Gasteiger partial charge in [-0.2, -0.15) is 0 Å². The van der Waals surface area contributed by atoms with Gasteiger partial charge in [0.15, 0.2) is 0 Å². The third kappa shape index (κ3) is 3.18. The lowest BCUT2D eigenvalue weighted by Gasteiger charge is -2.25. The molecule has 0 radical (unpaired) electrons. The number of anilines is 1. The minimum atomic E-state index is -0.849. The highest BCUT2D eigenvalue weighted by Gasteiger charge is 2.37. The standard InChI is InChI=1S/C20H12FN3O4/c21-13-3-1-2-12(10-13)17-5-4-15(28-17)11-16-18(25)23-20(27)24(19(16)26)14-6-8-22-9-7-14/h1-11H,(H,23,25,27)/b16-11+. The number of benzene rings is 1. The summed E-state index contributed by atoms with van der Waals surface area (Å²) in [4.78, 5) is 41.7. The van der Waals surface area contributed by atoms with Crippen LogP contribution in [0.3, 0.4) is 0 Å². The zero-order valence-corrected chi connectivity index (χ0v) is 14.3. The molecule has 8 heteroatoms. The van der Waals surface area contributed by atoms with Crippen LogP contribution in [0.1, 0.15) is 5.76 Å². The molecule has 1 N–H and O–H groups in total. The highest BCUT2D eigenvalue weighted by Crippen LogP contribution is 2.26. The van der Waals surface area contributed by atoms with Crippen molar-refractivity contribution in [1.29, 1.82) is 0 Å². The van der Waals surface area contributed by atoms with Gasteiger partial charge >= 0.3 is 6.03 Å². The van der Waals surface area contributed by atoms with Crippen molar-refractivity contribution < 1.29 is 23.2 Å². The van der Waals surface area contributed by atoms with Crippen LogP contribution in [0.4, 0.5) is 14.9 Å². The van der Waals surface area contributed by atoms with Crippen molar-refractivity contribution in [2.24, 2.45) is 0 Å². The lowest BCUT2D eigenvalue weighted by molar-refractivity contribution is -0.122. The molecule has 0 aliphatic carbocycles. The highest BCUT2D eigenvalue weighted by atomic mass is 19.1. The Morgan fingerprint density at radius 2 is 1.82 bits per heavy atom. The van der Waals surface area contributed by atoms with Crippen molar-refractivity contribution in [1.82, 2.24) is 10.3 Å². The maximum atomic E-state index is 13.4. The molecule has 4 amide bonds. The molecule has 1 aromatic carbocycles. The number of pyridine rings is 1. The van der Waals surface area contributed by atoms with Gasteiger partial charge in [-0.05, 0) is 42.5 Å². The molecular weight excluding hydrogens is 365 g/mol. The Bertz CT molecular complexity index is 1120. The molecule has 138 valence electrons. The molecule has 0 unspecified atom stereocenters. The number of furan rings is 1. The van der Waals surface area contributed by atoms with Crippen molar-refractivity contribution >= 4 is 29.6 Å². The van der Waals surface area contributed by atoms with Crippen LogP contribution in [0.2, 0.25) is 0 Å². The molecule has 3 aromatic rings. The van der Waals surface area contributed by atoms with E-state index in [9.17, 15) is 18.8 Å². The third-order valence-electron chi connectivity index (χ3n) is 4.05. The Kier molecular flexibility index (Phi) is 4.29. The van der Waals surface area contributed by atoms with Gasteiger partial charge < -0.3 is 4.42 Å². The summed E-state index contributed by atoms with van der Waals surface area (Å²) in [5.74, 6) is -1.45. The van der Waals surface area contributed by atoms with Crippen molar-refractivity contribution in [3.05, 3.63) is 78.1 Å². The molecule has 4 rings (SSSR count). The predicted molar refractivity (Wildman–Crippen MR) is 97.3 cm³/mol. The number of imide groups is 2. The fourth-order valence-corrected chi connectivity index (χ4v) is 2.75. The van der Waals surface area contributed by atoms with Gasteiger partial charge in [0.2, 0.25) is 0 Å². The second-order valence-electron chi connectivity index (χ2n) is 5.88. The number of urea groups is 1. The molecular formula is C20H12FN3O4. The Morgan fingerprint density at radius 1 is 1.04 bits per heavy atom. The summed E-state index contributed by atoms with van der Waals surface area (Å²) in [5.41, 5.74) is 0.519. The molecule has 0 saturated carbocycles. The molecule has 1 fully saturated rings. The Balaban J connectivity index is 1.68. The van der Waals surface area contributed by atoms with Crippen molar-refractivity contribution in [2.45, 2.75) is 0 Å². The quantitative estimate of drug-likeness (QED) is 0.559. The van der Waals surface area contributed by atoms with Gasteiger partial charge in [0.1, 0.15) is 22.9 Å². The number of carbonyl (C=O) groups is 3. The maximum absolute atomic E-state index is 13.4. The molecule has 0 bridgehead atoms. The molecule has 0 spiro atoms. The number of halogens is 1. The summed E-state index contributed by atoms with van der Waals surface area (Å²) < 4.78 is 19.0. The predicted octanol–water partition coefficient (Wildman–Crippen LogP) is 3.15. The first-order valence-electron chi connectivity index (χ1n) is 8.20. The number of aromatic nitrogens is 1. The summed E-state index contributed by atoms with van der Waals surface area (Å²) in [6.07, 6.45) is 4.09. The first kappa shape index (κ1) is 17.3. The normalized spacial score (nSPS) is 15.8. The third-order valence-corrected chi connectivity index (χ3v) is 4.05. The highest BCUT2D eigenvalue weighted by molar-refractivity contribution is 6.39. The van der Waals surface area contributed by atoms with E-state index in [2.05, 4.69) is 10.3 Å². The molecule has 2 aromatic heterocycles. The molecule has 1 aliphatic heterocycles. The summed E-state index contributed by atoms with van der Waals surface area (Å²) in [6, 6.07) is 11.1. The fourth-order valence-electron chi connectivity index (χ4n) is 2.75. The van der Waals surface area contributed by atoms with Gasteiger partial charge in [0.05, 0.1) is 5.69 Å².